The molecule has 1 atom stereocenters. The first-order valence-corrected chi connectivity index (χ1v) is 9.56. The number of hydrogen-bond acceptors (Lipinski definition) is 6. The fourth-order valence-corrected chi connectivity index (χ4v) is 3.72. The summed E-state index contributed by atoms with van der Waals surface area (Å²) in [6.07, 6.45) is 5.04. The van der Waals surface area contributed by atoms with Gasteiger partial charge in [0, 0.05) is 25.3 Å². The molecule has 2 aliphatic heterocycles. The van der Waals surface area contributed by atoms with Crippen LogP contribution < -0.4 is 4.90 Å². The molecule has 2 fully saturated rings. The first-order valence-electron chi connectivity index (χ1n) is 9.56. The maximum Gasteiger partial charge on any atom is 0.166 e. The van der Waals surface area contributed by atoms with Gasteiger partial charge in [-0.05, 0) is 25.3 Å². The molecule has 5 rings (SSSR count). The normalized spacial score (nSPS) is 20.9. The number of rotatable bonds is 3. The summed E-state index contributed by atoms with van der Waals surface area (Å²) in [5.74, 6) is 1.63. The molecular weight excluding hydrogens is 342 g/mol. The number of ether oxygens (including phenoxy) is 2. The molecule has 2 aromatic heterocycles. The number of nitrogens with zero attached hydrogens (tertiary/aromatic N) is 5. The average Bonchev–Trinajstić information content (AvgIpc) is 3.19. The van der Waals surface area contributed by atoms with Crippen LogP contribution in [0, 0.1) is 6.07 Å². The zero-order chi connectivity index (χ0) is 18.1. The fraction of sp³-hybridized carbons (Fsp3) is 0.450. The number of anilines is 1. The third-order valence-electron chi connectivity index (χ3n) is 5.15. The van der Waals surface area contributed by atoms with Gasteiger partial charge in [-0.15, -0.1) is 0 Å². The standard InChI is InChI=1S/C20H22N5O2/c1-2-6-15(7-3-1)18-22-19(24-9-12-26-13-10-24)16-14-21-25(20(16)23-18)17-8-4-5-11-27-17/h2-3,6-7,14,17H,4-5,8-13H2. The molecule has 2 aliphatic rings. The molecule has 3 aromatic rings. The Morgan fingerprint density at radius 2 is 1.89 bits per heavy atom. The lowest BCUT2D eigenvalue weighted by Crippen LogP contribution is -2.37. The van der Waals surface area contributed by atoms with Gasteiger partial charge in [-0.25, -0.2) is 14.6 Å². The number of morpholine rings is 1. The van der Waals surface area contributed by atoms with E-state index in [1.54, 1.807) is 0 Å². The maximum atomic E-state index is 5.96. The van der Waals surface area contributed by atoms with Gasteiger partial charge in [-0.2, -0.15) is 5.10 Å². The van der Waals surface area contributed by atoms with Crippen molar-refractivity contribution in [1.82, 2.24) is 19.7 Å². The average molecular weight is 364 g/mol. The van der Waals surface area contributed by atoms with E-state index in [2.05, 4.69) is 16.1 Å². The summed E-state index contributed by atoms with van der Waals surface area (Å²) in [6, 6.07) is 10.8. The molecule has 0 spiro atoms. The van der Waals surface area contributed by atoms with E-state index >= 15 is 0 Å². The second kappa shape index (κ2) is 7.25. The van der Waals surface area contributed by atoms with E-state index in [0.717, 1.165) is 61.4 Å². The van der Waals surface area contributed by atoms with E-state index in [9.17, 15) is 0 Å². The van der Waals surface area contributed by atoms with Crippen LogP contribution in [0.3, 0.4) is 0 Å². The minimum Gasteiger partial charge on any atom is -0.378 e. The van der Waals surface area contributed by atoms with Crippen molar-refractivity contribution in [2.45, 2.75) is 25.5 Å². The highest BCUT2D eigenvalue weighted by molar-refractivity contribution is 5.88. The van der Waals surface area contributed by atoms with Gasteiger partial charge in [0.25, 0.3) is 0 Å². The lowest BCUT2D eigenvalue weighted by atomic mass is 10.2. The highest BCUT2D eigenvalue weighted by Gasteiger charge is 2.24. The van der Waals surface area contributed by atoms with Gasteiger partial charge < -0.3 is 14.4 Å². The van der Waals surface area contributed by atoms with Crippen LogP contribution in [0.5, 0.6) is 0 Å². The molecule has 7 heteroatoms. The molecule has 0 N–H and O–H groups in total. The largest absolute Gasteiger partial charge is 0.378 e. The Morgan fingerprint density at radius 1 is 1.04 bits per heavy atom. The zero-order valence-corrected chi connectivity index (χ0v) is 15.2. The first-order chi connectivity index (χ1) is 13.4. The summed E-state index contributed by atoms with van der Waals surface area (Å²) in [6.45, 7) is 3.83. The third-order valence-corrected chi connectivity index (χ3v) is 5.15. The zero-order valence-electron chi connectivity index (χ0n) is 15.2. The lowest BCUT2D eigenvalue weighted by molar-refractivity contribution is -0.0370. The van der Waals surface area contributed by atoms with Crippen molar-refractivity contribution in [2.24, 2.45) is 0 Å². The van der Waals surface area contributed by atoms with E-state index < -0.39 is 0 Å². The number of aromatic nitrogens is 4. The van der Waals surface area contributed by atoms with Crippen LogP contribution in [-0.4, -0.2) is 52.7 Å². The van der Waals surface area contributed by atoms with Crippen molar-refractivity contribution >= 4 is 16.9 Å². The van der Waals surface area contributed by atoms with E-state index in [1.165, 1.54) is 0 Å². The van der Waals surface area contributed by atoms with Gasteiger partial charge in [-0.3, -0.25) is 0 Å². The number of fused-ring (bicyclic) bond motifs is 1. The van der Waals surface area contributed by atoms with Crippen LogP contribution in [0.25, 0.3) is 22.4 Å². The van der Waals surface area contributed by atoms with E-state index in [1.807, 2.05) is 35.1 Å². The lowest BCUT2D eigenvalue weighted by Gasteiger charge is -2.28. The topological polar surface area (TPSA) is 65.3 Å². The number of hydrogen-bond donors (Lipinski definition) is 0. The van der Waals surface area contributed by atoms with Crippen LogP contribution in [0.2, 0.25) is 0 Å². The summed E-state index contributed by atoms with van der Waals surface area (Å²) in [5, 5.41) is 5.60. The second-order valence-corrected chi connectivity index (χ2v) is 6.91. The SMILES string of the molecule is [c]1ccc(-c2nc(N3CCOCC3)c3cnn(C4CCCCO4)c3n2)cc1. The van der Waals surface area contributed by atoms with Crippen LogP contribution >= 0.6 is 0 Å². The van der Waals surface area contributed by atoms with Crippen molar-refractivity contribution in [3.05, 3.63) is 36.5 Å². The highest BCUT2D eigenvalue weighted by atomic mass is 16.5. The molecule has 0 bridgehead atoms. The molecule has 27 heavy (non-hydrogen) atoms. The predicted octanol–water partition coefficient (Wildman–Crippen LogP) is 2.83. The Balaban J connectivity index is 1.66. The van der Waals surface area contributed by atoms with Crippen LogP contribution in [0.1, 0.15) is 25.5 Å². The Bertz CT molecular complexity index is 915. The van der Waals surface area contributed by atoms with Crippen LogP contribution in [0.4, 0.5) is 5.82 Å². The maximum absolute atomic E-state index is 5.96. The van der Waals surface area contributed by atoms with Gasteiger partial charge in [0.05, 0.1) is 24.8 Å². The van der Waals surface area contributed by atoms with E-state index in [4.69, 9.17) is 19.4 Å². The van der Waals surface area contributed by atoms with Crippen LogP contribution in [-0.2, 0) is 9.47 Å². The second-order valence-electron chi connectivity index (χ2n) is 6.91. The van der Waals surface area contributed by atoms with Gasteiger partial charge in [0.15, 0.2) is 17.7 Å². The minimum absolute atomic E-state index is 0.0550. The van der Waals surface area contributed by atoms with Gasteiger partial charge in [0.1, 0.15) is 5.82 Å². The molecule has 139 valence electrons. The summed E-state index contributed by atoms with van der Waals surface area (Å²) in [5.41, 5.74) is 1.81. The molecule has 7 nitrogen and oxygen atoms in total. The fourth-order valence-electron chi connectivity index (χ4n) is 3.72. The molecule has 0 aliphatic carbocycles. The Labute approximate surface area is 157 Å². The molecule has 2 saturated heterocycles. The Morgan fingerprint density at radius 3 is 2.67 bits per heavy atom. The van der Waals surface area contributed by atoms with Crippen molar-refractivity contribution < 1.29 is 9.47 Å². The summed E-state index contributed by atoms with van der Waals surface area (Å²) >= 11 is 0. The van der Waals surface area contributed by atoms with Gasteiger partial charge in [0.2, 0.25) is 0 Å². The minimum atomic E-state index is -0.0550. The van der Waals surface area contributed by atoms with Crippen molar-refractivity contribution in [1.29, 1.82) is 0 Å². The molecule has 0 saturated carbocycles. The Kier molecular flexibility index (Phi) is 4.47. The highest BCUT2D eigenvalue weighted by Crippen LogP contribution is 2.31. The van der Waals surface area contributed by atoms with Crippen LogP contribution in [0.15, 0.2) is 30.5 Å². The van der Waals surface area contributed by atoms with E-state index in [-0.39, 0.29) is 6.23 Å². The summed E-state index contributed by atoms with van der Waals surface area (Å²) in [4.78, 5) is 12.0. The molecule has 0 amide bonds. The third kappa shape index (κ3) is 3.17. The molecule has 1 radical (unpaired) electrons. The van der Waals surface area contributed by atoms with Crippen molar-refractivity contribution in [3.8, 4) is 11.4 Å². The molecule has 1 aromatic carbocycles. The number of benzene rings is 1. The summed E-state index contributed by atoms with van der Waals surface area (Å²) in [7, 11) is 0. The molecular formula is C20H22N5O2. The van der Waals surface area contributed by atoms with E-state index in [0.29, 0.717) is 19.0 Å². The monoisotopic (exact) mass is 364 g/mol. The smallest absolute Gasteiger partial charge is 0.166 e. The van der Waals surface area contributed by atoms with Crippen molar-refractivity contribution in [3.63, 3.8) is 0 Å². The predicted molar refractivity (Wildman–Crippen MR) is 101 cm³/mol. The van der Waals surface area contributed by atoms with Crippen molar-refractivity contribution in [2.75, 3.05) is 37.8 Å². The molecule has 1 unspecified atom stereocenters. The Hall–Kier alpha value is -2.51. The first kappa shape index (κ1) is 16.6. The summed E-state index contributed by atoms with van der Waals surface area (Å²) < 4.78 is 13.4. The molecule has 4 heterocycles. The van der Waals surface area contributed by atoms with Gasteiger partial charge >= 0.3 is 0 Å². The quantitative estimate of drug-likeness (QED) is 0.712. The van der Waals surface area contributed by atoms with Gasteiger partial charge in [-0.1, -0.05) is 24.3 Å².